The minimum atomic E-state index is -1.96. The lowest BCUT2D eigenvalue weighted by Gasteiger charge is -2.41. The molecule has 1 fully saturated rings. The standard InChI is InChI=1S/C29H30O17/c1-40-18-8-13(9-19(41-2)25(18)42-3)44-29-26(46-28(39)12-6-16(32)22(35)17(33)7-12)24(37)23(36)20(45-29)10-43-27(38)11-4-14(30)21(34)15(31)5-11/h4-9,20,23-24,26,29-37H,10H2,1-3H3. The van der Waals surface area contributed by atoms with Crippen LogP contribution in [0, 0.1) is 0 Å². The van der Waals surface area contributed by atoms with Gasteiger partial charge < -0.3 is 74.0 Å². The van der Waals surface area contributed by atoms with Crippen molar-refractivity contribution in [1.82, 2.24) is 0 Å². The molecular weight excluding hydrogens is 620 g/mol. The molecule has 3 aromatic carbocycles. The second-order valence-corrected chi connectivity index (χ2v) is 9.70. The normalized spacial score (nSPS) is 20.8. The molecule has 1 aliphatic heterocycles. The summed E-state index contributed by atoms with van der Waals surface area (Å²) < 4.78 is 38.0. The summed E-state index contributed by atoms with van der Waals surface area (Å²) in [5, 5.41) is 80.0. The van der Waals surface area contributed by atoms with Crippen LogP contribution in [-0.4, -0.2) is 111 Å². The molecule has 17 heteroatoms. The van der Waals surface area contributed by atoms with E-state index >= 15 is 0 Å². The monoisotopic (exact) mass is 650 g/mol. The first-order chi connectivity index (χ1) is 21.8. The summed E-state index contributed by atoms with van der Waals surface area (Å²) in [5.74, 6) is -7.01. The molecular formula is C29H30O17. The van der Waals surface area contributed by atoms with E-state index in [-0.39, 0.29) is 28.6 Å². The van der Waals surface area contributed by atoms with Crippen LogP contribution in [0.3, 0.4) is 0 Å². The number of carbonyl (C=O) groups excluding carboxylic acids is 2. The number of hydrogen-bond acceptors (Lipinski definition) is 17. The summed E-state index contributed by atoms with van der Waals surface area (Å²) in [4.78, 5) is 25.6. The summed E-state index contributed by atoms with van der Waals surface area (Å²) in [5.41, 5.74) is -0.839. The van der Waals surface area contributed by atoms with Crippen molar-refractivity contribution in [3.63, 3.8) is 0 Å². The third kappa shape index (κ3) is 6.75. The minimum Gasteiger partial charge on any atom is -0.504 e. The zero-order valence-electron chi connectivity index (χ0n) is 24.3. The van der Waals surface area contributed by atoms with Gasteiger partial charge in [0.05, 0.1) is 32.5 Å². The molecule has 5 unspecified atom stereocenters. The van der Waals surface area contributed by atoms with Gasteiger partial charge in [0.15, 0.2) is 52.1 Å². The van der Waals surface area contributed by atoms with Gasteiger partial charge >= 0.3 is 11.9 Å². The molecule has 0 radical (unpaired) electrons. The van der Waals surface area contributed by atoms with Crippen molar-refractivity contribution in [2.24, 2.45) is 0 Å². The fraction of sp³-hybridized carbons (Fsp3) is 0.310. The van der Waals surface area contributed by atoms with Gasteiger partial charge in [-0.3, -0.25) is 0 Å². The zero-order valence-corrected chi connectivity index (χ0v) is 24.3. The second-order valence-electron chi connectivity index (χ2n) is 9.70. The van der Waals surface area contributed by atoms with Crippen LogP contribution in [0.4, 0.5) is 0 Å². The first-order valence-electron chi connectivity index (χ1n) is 13.2. The van der Waals surface area contributed by atoms with Gasteiger partial charge in [-0.15, -0.1) is 0 Å². The maximum atomic E-state index is 13.0. The number of carbonyl (C=O) groups is 2. The quantitative estimate of drug-likeness (QED) is 0.112. The Morgan fingerprint density at radius 3 is 1.63 bits per heavy atom. The van der Waals surface area contributed by atoms with E-state index in [4.69, 9.17) is 33.2 Å². The smallest absolute Gasteiger partial charge is 0.339 e. The van der Waals surface area contributed by atoms with Gasteiger partial charge in [-0.2, -0.15) is 0 Å². The largest absolute Gasteiger partial charge is 0.504 e. The van der Waals surface area contributed by atoms with E-state index in [0.29, 0.717) is 0 Å². The Bertz CT molecular complexity index is 1530. The Labute approximate surface area is 259 Å². The Kier molecular flexibility index (Phi) is 9.89. The molecule has 0 spiro atoms. The summed E-state index contributed by atoms with van der Waals surface area (Å²) >= 11 is 0. The van der Waals surface area contributed by atoms with Crippen LogP contribution in [0.15, 0.2) is 36.4 Å². The van der Waals surface area contributed by atoms with Crippen LogP contribution in [0.1, 0.15) is 20.7 Å². The van der Waals surface area contributed by atoms with Crippen molar-refractivity contribution in [3.8, 4) is 57.5 Å². The van der Waals surface area contributed by atoms with Gasteiger partial charge in [0.25, 0.3) is 0 Å². The SMILES string of the molecule is COc1cc(OC2OC(COC(=O)c3cc(O)c(O)c(O)c3)C(O)C(O)C2OC(=O)c2cc(O)c(O)c(O)c2)cc(OC)c1OC. The molecule has 0 bridgehead atoms. The Balaban J connectivity index is 1.63. The number of phenols is 6. The predicted molar refractivity (Wildman–Crippen MR) is 150 cm³/mol. The lowest BCUT2D eigenvalue weighted by molar-refractivity contribution is -0.276. The van der Waals surface area contributed by atoms with E-state index in [0.717, 1.165) is 24.3 Å². The average molecular weight is 651 g/mol. The topological polar surface area (TPSA) is 261 Å². The minimum absolute atomic E-state index is 0.0325. The van der Waals surface area contributed by atoms with Crippen molar-refractivity contribution in [3.05, 3.63) is 47.5 Å². The first kappa shape index (κ1) is 33.4. The highest BCUT2D eigenvalue weighted by atomic mass is 16.7. The second kappa shape index (κ2) is 13.6. The Hall–Kier alpha value is -5.52. The molecule has 0 amide bonds. The van der Waals surface area contributed by atoms with E-state index in [9.17, 15) is 50.4 Å². The van der Waals surface area contributed by atoms with Crippen molar-refractivity contribution in [1.29, 1.82) is 0 Å². The highest BCUT2D eigenvalue weighted by Crippen LogP contribution is 2.42. The van der Waals surface area contributed by atoms with Gasteiger partial charge in [-0.25, -0.2) is 9.59 Å². The lowest BCUT2D eigenvalue weighted by atomic mass is 9.99. The molecule has 1 heterocycles. The van der Waals surface area contributed by atoms with Gasteiger partial charge in [0.2, 0.25) is 12.0 Å². The molecule has 46 heavy (non-hydrogen) atoms. The lowest BCUT2D eigenvalue weighted by Crippen LogP contribution is -2.61. The molecule has 0 aliphatic carbocycles. The summed E-state index contributed by atoms with van der Waals surface area (Å²) in [7, 11) is 4.04. The number of phenolic OH excluding ortho intramolecular Hbond substituents is 6. The summed E-state index contributed by atoms with van der Waals surface area (Å²) in [6, 6.07) is 5.87. The maximum Gasteiger partial charge on any atom is 0.339 e. The maximum absolute atomic E-state index is 13.0. The van der Waals surface area contributed by atoms with Crippen LogP contribution < -0.4 is 18.9 Å². The number of hydrogen-bond donors (Lipinski definition) is 8. The molecule has 3 aromatic rings. The van der Waals surface area contributed by atoms with Crippen molar-refractivity contribution >= 4 is 11.9 Å². The molecule has 0 saturated carbocycles. The van der Waals surface area contributed by atoms with Crippen molar-refractivity contribution in [2.75, 3.05) is 27.9 Å². The molecule has 17 nitrogen and oxygen atoms in total. The number of benzene rings is 3. The van der Waals surface area contributed by atoms with Crippen LogP contribution in [0.25, 0.3) is 0 Å². The number of ether oxygens (including phenoxy) is 7. The van der Waals surface area contributed by atoms with E-state index in [2.05, 4.69) is 0 Å². The summed E-state index contributed by atoms with van der Waals surface area (Å²) in [6.07, 6.45) is -8.92. The van der Waals surface area contributed by atoms with Crippen molar-refractivity contribution in [2.45, 2.75) is 30.7 Å². The van der Waals surface area contributed by atoms with Gasteiger partial charge in [-0.05, 0) is 24.3 Å². The average Bonchev–Trinajstić information content (AvgIpc) is 3.03. The van der Waals surface area contributed by atoms with Gasteiger partial charge in [-0.1, -0.05) is 0 Å². The Morgan fingerprint density at radius 1 is 0.696 bits per heavy atom. The van der Waals surface area contributed by atoms with E-state index < -0.39 is 89.3 Å². The van der Waals surface area contributed by atoms with E-state index in [1.165, 1.54) is 33.5 Å². The van der Waals surface area contributed by atoms with Crippen LogP contribution >= 0.6 is 0 Å². The third-order valence-corrected chi connectivity index (χ3v) is 6.77. The number of esters is 2. The van der Waals surface area contributed by atoms with Crippen molar-refractivity contribution < 1.29 is 83.6 Å². The molecule has 1 aliphatic rings. The fourth-order valence-corrected chi connectivity index (χ4v) is 4.40. The number of aliphatic hydroxyl groups excluding tert-OH is 2. The number of aliphatic hydroxyl groups is 2. The molecule has 1 saturated heterocycles. The van der Waals surface area contributed by atoms with Crippen LogP contribution in [-0.2, 0) is 14.2 Å². The van der Waals surface area contributed by atoms with E-state index in [1.807, 2.05) is 0 Å². The van der Waals surface area contributed by atoms with Crippen LogP contribution in [0.2, 0.25) is 0 Å². The Morgan fingerprint density at radius 2 is 1.17 bits per heavy atom. The van der Waals surface area contributed by atoms with E-state index in [1.54, 1.807) is 0 Å². The highest BCUT2D eigenvalue weighted by Gasteiger charge is 2.49. The predicted octanol–water partition coefficient (Wildman–Crippen LogP) is 0.854. The molecule has 0 aromatic heterocycles. The van der Waals surface area contributed by atoms with Gasteiger partial charge in [0.1, 0.15) is 30.7 Å². The number of methoxy groups -OCH3 is 3. The fourth-order valence-electron chi connectivity index (χ4n) is 4.40. The molecule has 5 atom stereocenters. The number of rotatable bonds is 10. The molecule has 8 N–H and O–H groups in total. The highest BCUT2D eigenvalue weighted by molar-refractivity contribution is 5.91. The molecule has 248 valence electrons. The first-order valence-corrected chi connectivity index (χ1v) is 13.2. The summed E-state index contributed by atoms with van der Waals surface area (Å²) in [6.45, 7) is -0.741. The number of aromatic hydroxyl groups is 6. The molecule has 4 rings (SSSR count). The van der Waals surface area contributed by atoms with Crippen LogP contribution in [0.5, 0.6) is 57.5 Å². The third-order valence-electron chi connectivity index (χ3n) is 6.77. The van der Waals surface area contributed by atoms with Gasteiger partial charge in [0, 0.05) is 12.1 Å². The zero-order chi connectivity index (χ0) is 33.9.